The third-order valence-electron chi connectivity index (χ3n) is 1.85. The zero-order chi connectivity index (χ0) is 9.68. The third kappa shape index (κ3) is 3.01. The van der Waals surface area contributed by atoms with Crippen molar-refractivity contribution in [1.29, 1.82) is 0 Å². The summed E-state index contributed by atoms with van der Waals surface area (Å²) in [6, 6.07) is 6.14. The van der Waals surface area contributed by atoms with Crippen LogP contribution in [0, 0.1) is 7.05 Å². The van der Waals surface area contributed by atoms with Gasteiger partial charge in [-0.25, -0.2) is 0 Å². The summed E-state index contributed by atoms with van der Waals surface area (Å²) in [4.78, 5) is 0. The number of ether oxygens (including phenoxy) is 1. The highest BCUT2D eigenvalue weighted by Crippen LogP contribution is 2.25. The molecular weight excluding hydrogens is 230 g/mol. The first kappa shape index (κ1) is 10.5. The van der Waals surface area contributed by atoms with Gasteiger partial charge in [-0.1, -0.05) is 6.07 Å². The minimum Gasteiger partial charge on any atom is -0.496 e. The lowest BCUT2D eigenvalue weighted by atomic mass is 10.1. The maximum atomic E-state index is 5.14. The molecule has 0 fully saturated rings. The fourth-order valence-corrected chi connectivity index (χ4v) is 1.72. The molecule has 0 heterocycles. The molecule has 1 aromatic carbocycles. The predicted octanol–water partition coefficient (Wildman–Crippen LogP) is 1.36. The van der Waals surface area contributed by atoms with Crippen LogP contribution < -0.4 is 10.1 Å². The highest BCUT2D eigenvalue weighted by molar-refractivity contribution is 9.10. The summed E-state index contributed by atoms with van der Waals surface area (Å²) < 4.78 is 6.15. The van der Waals surface area contributed by atoms with E-state index in [0.29, 0.717) is 0 Å². The predicted molar refractivity (Wildman–Crippen MR) is 56.5 cm³/mol. The fraction of sp³-hybridized carbons (Fsp3) is 0.300. The fourth-order valence-electron chi connectivity index (χ4n) is 1.13. The minimum atomic E-state index is 0.877. The molecule has 2 nitrogen and oxygen atoms in total. The lowest BCUT2D eigenvalue weighted by molar-refractivity contribution is -0.594. The lowest BCUT2D eigenvalue weighted by Crippen LogP contribution is -2.77. The van der Waals surface area contributed by atoms with E-state index in [1.165, 1.54) is 5.56 Å². The van der Waals surface area contributed by atoms with Gasteiger partial charge in [0.05, 0.1) is 18.1 Å². The van der Waals surface area contributed by atoms with Gasteiger partial charge in [-0.05, 0) is 33.6 Å². The molecule has 3 heteroatoms. The molecule has 0 spiro atoms. The first-order valence-electron chi connectivity index (χ1n) is 4.21. The van der Waals surface area contributed by atoms with E-state index in [2.05, 4.69) is 35.1 Å². The Morgan fingerprint density at radius 3 is 2.85 bits per heavy atom. The molecule has 1 rings (SSSR count). The Balaban J connectivity index is 2.71. The summed E-state index contributed by atoms with van der Waals surface area (Å²) in [5.74, 6) is 0.877. The van der Waals surface area contributed by atoms with Crippen molar-refractivity contribution >= 4 is 15.9 Å². The highest BCUT2D eigenvalue weighted by atomic mass is 79.9. The molecule has 0 aromatic heterocycles. The second-order valence-electron chi connectivity index (χ2n) is 2.80. The maximum Gasteiger partial charge on any atom is 0.133 e. The average Bonchev–Trinajstić information content (AvgIpc) is 2.15. The van der Waals surface area contributed by atoms with Gasteiger partial charge in [0.1, 0.15) is 5.75 Å². The number of halogens is 1. The van der Waals surface area contributed by atoms with Crippen LogP contribution in [0.2, 0.25) is 0 Å². The van der Waals surface area contributed by atoms with Gasteiger partial charge in [-0.2, -0.15) is 7.05 Å². The molecule has 13 heavy (non-hydrogen) atoms. The van der Waals surface area contributed by atoms with Crippen molar-refractivity contribution in [2.24, 2.45) is 0 Å². The third-order valence-corrected chi connectivity index (χ3v) is 2.47. The van der Waals surface area contributed by atoms with E-state index in [0.717, 1.165) is 23.2 Å². The Morgan fingerprint density at radius 2 is 2.31 bits per heavy atom. The summed E-state index contributed by atoms with van der Waals surface area (Å²) in [6.45, 7) is 1.01. The van der Waals surface area contributed by atoms with Crippen LogP contribution in [0.3, 0.4) is 0 Å². The van der Waals surface area contributed by atoms with Crippen molar-refractivity contribution in [1.82, 2.24) is 0 Å². The number of nitrogens with two attached hydrogens (primary N) is 1. The van der Waals surface area contributed by atoms with Crippen molar-refractivity contribution in [3.05, 3.63) is 35.3 Å². The van der Waals surface area contributed by atoms with Gasteiger partial charge in [0, 0.05) is 6.42 Å². The number of benzene rings is 1. The zero-order valence-electron chi connectivity index (χ0n) is 7.72. The Hall–Kier alpha value is -0.540. The second-order valence-corrected chi connectivity index (χ2v) is 3.65. The number of rotatable bonds is 4. The SMILES string of the molecule is [CH2-][NH2+]CCc1ccc(OC)c(Br)c1. The number of hydrogen-bond donors (Lipinski definition) is 1. The molecule has 0 aliphatic heterocycles. The average molecular weight is 244 g/mol. The first-order chi connectivity index (χ1) is 6.27. The van der Waals surface area contributed by atoms with Crippen molar-refractivity contribution in [3.8, 4) is 5.75 Å². The van der Waals surface area contributed by atoms with Crippen LogP contribution >= 0.6 is 15.9 Å². The molecule has 0 saturated heterocycles. The molecule has 0 aliphatic carbocycles. The quantitative estimate of drug-likeness (QED) is 0.795. The van der Waals surface area contributed by atoms with Gasteiger partial charge >= 0.3 is 0 Å². The summed E-state index contributed by atoms with van der Waals surface area (Å²) in [5, 5.41) is 1.93. The van der Waals surface area contributed by atoms with E-state index >= 15 is 0 Å². The highest BCUT2D eigenvalue weighted by Gasteiger charge is 2.00. The molecule has 0 unspecified atom stereocenters. The molecule has 0 radical (unpaired) electrons. The van der Waals surface area contributed by atoms with E-state index in [9.17, 15) is 0 Å². The minimum absolute atomic E-state index is 0.877. The van der Waals surface area contributed by atoms with Crippen molar-refractivity contribution < 1.29 is 10.1 Å². The van der Waals surface area contributed by atoms with E-state index in [-0.39, 0.29) is 0 Å². The molecular formula is C10H14BrNO. The van der Waals surface area contributed by atoms with Gasteiger partial charge in [0.2, 0.25) is 0 Å². The molecule has 0 aliphatic rings. The molecule has 2 N–H and O–H groups in total. The Bertz CT molecular complexity index is 276. The topological polar surface area (TPSA) is 25.8 Å². The van der Waals surface area contributed by atoms with E-state index < -0.39 is 0 Å². The summed E-state index contributed by atoms with van der Waals surface area (Å²) in [5.41, 5.74) is 1.30. The smallest absolute Gasteiger partial charge is 0.133 e. The largest absolute Gasteiger partial charge is 0.496 e. The maximum absolute atomic E-state index is 5.14. The first-order valence-corrected chi connectivity index (χ1v) is 5.00. The van der Waals surface area contributed by atoms with Crippen molar-refractivity contribution in [2.45, 2.75) is 6.42 Å². The van der Waals surface area contributed by atoms with E-state index in [4.69, 9.17) is 4.74 Å². The summed E-state index contributed by atoms with van der Waals surface area (Å²) in [7, 11) is 5.37. The summed E-state index contributed by atoms with van der Waals surface area (Å²) >= 11 is 3.45. The van der Waals surface area contributed by atoms with Crippen LogP contribution in [-0.2, 0) is 6.42 Å². The van der Waals surface area contributed by atoms with Crippen molar-refractivity contribution in [3.63, 3.8) is 0 Å². The molecule has 0 bridgehead atoms. The van der Waals surface area contributed by atoms with Gasteiger partial charge in [-0.3, -0.25) is 0 Å². The zero-order valence-corrected chi connectivity index (χ0v) is 9.30. The standard InChI is InChI=1S/C10H14BrNO/c1-12-6-5-8-3-4-10(13-2)9(11)7-8/h3-4,7H,1,5-6,12H2,2H3. The molecule has 1 aromatic rings. The van der Waals surface area contributed by atoms with Crippen molar-refractivity contribution in [2.75, 3.05) is 13.7 Å². The lowest BCUT2D eigenvalue weighted by Gasteiger charge is -2.05. The summed E-state index contributed by atoms with van der Waals surface area (Å²) in [6.07, 6.45) is 1.03. The van der Waals surface area contributed by atoms with Gasteiger partial charge in [0.15, 0.2) is 0 Å². The Kier molecular flexibility index (Phi) is 4.25. The number of quaternary nitrogens is 1. The molecule has 72 valence electrons. The van der Waals surface area contributed by atoms with Gasteiger partial charge < -0.3 is 10.1 Å². The number of methoxy groups -OCH3 is 1. The normalized spacial score (nSPS) is 10.1. The van der Waals surface area contributed by atoms with Crippen LogP contribution in [0.15, 0.2) is 22.7 Å². The molecule has 0 saturated carbocycles. The van der Waals surface area contributed by atoms with Crippen LogP contribution in [-0.4, -0.2) is 13.7 Å². The molecule has 0 amide bonds. The molecule has 0 atom stereocenters. The van der Waals surface area contributed by atoms with Crippen LogP contribution in [0.25, 0.3) is 0 Å². The Morgan fingerprint density at radius 1 is 1.54 bits per heavy atom. The second kappa shape index (κ2) is 5.25. The monoisotopic (exact) mass is 243 g/mol. The van der Waals surface area contributed by atoms with Gasteiger partial charge in [-0.15, -0.1) is 0 Å². The van der Waals surface area contributed by atoms with Crippen LogP contribution in [0.4, 0.5) is 0 Å². The van der Waals surface area contributed by atoms with E-state index in [1.807, 2.05) is 11.4 Å². The van der Waals surface area contributed by atoms with Gasteiger partial charge in [0.25, 0.3) is 0 Å². The van der Waals surface area contributed by atoms with Crippen LogP contribution in [0.5, 0.6) is 5.75 Å². The number of hydrogen-bond acceptors (Lipinski definition) is 1. The van der Waals surface area contributed by atoms with Crippen LogP contribution in [0.1, 0.15) is 5.56 Å². The van der Waals surface area contributed by atoms with E-state index in [1.54, 1.807) is 7.11 Å². The Labute approximate surface area is 87.4 Å².